The van der Waals surface area contributed by atoms with Gasteiger partial charge in [0, 0.05) is 11.5 Å². The first kappa shape index (κ1) is 19.5. The van der Waals surface area contributed by atoms with Crippen molar-refractivity contribution in [2.75, 3.05) is 12.4 Å². The summed E-state index contributed by atoms with van der Waals surface area (Å²) < 4.78 is 45.8. The number of fused-ring (bicyclic) bond motifs is 1. The number of benzene rings is 2. The van der Waals surface area contributed by atoms with Gasteiger partial charge in [-0.15, -0.1) is 0 Å². The van der Waals surface area contributed by atoms with Gasteiger partial charge in [-0.3, -0.25) is 14.2 Å². The quantitative estimate of drug-likeness (QED) is 0.733. The van der Waals surface area contributed by atoms with Crippen molar-refractivity contribution in [2.45, 2.75) is 19.6 Å². The number of pyridine rings is 1. The Morgan fingerprint density at radius 3 is 2.54 bits per heavy atom. The summed E-state index contributed by atoms with van der Waals surface area (Å²) in [6, 6.07) is 11.2. The molecular weight excluding hydrogens is 373 g/mol. The van der Waals surface area contributed by atoms with Crippen LogP contribution in [0.2, 0.25) is 0 Å². The Kier molecular flexibility index (Phi) is 5.13. The number of nitrogens with one attached hydrogen (secondary N) is 1. The van der Waals surface area contributed by atoms with Gasteiger partial charge >= 0.3 is 6.18 Å². The maximum Gasteiger partial charge on any atom is 0.418 e. The Balaban J connectivity index is 2.01. The van der Waals surface area contributed by atoms with Gasteiger partial charge in [0.25, 0.3) is 5.56 Å². The summed E-state index contributed by atoms with van der Waals surface area (Å²) >= 11 is 0. The first-order chi connectivity index (χ1) is 13.2. The van der Waals surface area contributed by atoms with Gasteiger partial charge in [-0.05, 0) is 30.7 Å². The molecule has 1 amide bonds. The van der Waals surface area contributed by atoms with Crippen molar-refractivity contribution in [1.29, 1.82) is 0 Å². The van der Waals surface area contributed by atoms with E-state index in [4.69, 9.17) is 4.74 Å². The summed E-state index contributed by atoms with van der Waals surface area (Å²) in [4.78, 5) is 24.9. The molecule has 0 atom stereocenters. The van der Waals surface area contributed by atoms with Crippen molar-refractivity contribution in [3.63, 3.8) is 0 Å². The second-order valence-electron chi connectivity index (χ2n) is 6.20. The smallest absolute Gasteiger partial charge is 0.418 e. The van der Waals surface area contributed by atoms with Crippen molar-refractivity contribution in [2.24, 2.45) is 0 Å². The molecule has 28 heavy (non-hydrogen) atoms. The number of methoxy groups -OCH3 is 1. The molecule has 0 saturated heterocycles. The Labute approximate surface area is 158 Å². The third-order valence-corrected chi connectivity index (χ3v) is 4.33. The molecule has 146 valence electrons. The predicted molar refractivity (Wildman–Crippen MR) is 99.6 cm³/mol. The highest BCUT2D eigenvalue weighted by molar-refractivity contribution is 5.94. The van der Waals surface area contributed by atoms with E-state index in [1.54, 1.807) is 25.1 Å². The van der Waals surface area contributed by atoms with Crippen LogP contribution in [0.25, 0.3) is 10.9 Å². The standard InChI is InChI=1S/C20H17F3N2O3/c1-12-10-18(27)25(19-13(12)6-5-9-16(19)28-2)11-17(26)24-15-8-4-3-7-14(15)20(21,22)23/h3-10H,11H2,1-2H3,(H,24,26). The highest BCUT2D eigenvalue weighted by Crippen LogP contribution is 2.34. The van der Waals surface area contributed by atoms with Crippen LogP contribution in [0.15, 0.2) is 53.3 Å². The number of hydrogen-bond acceptors (Lipinski definition) is 3. The Morgan fingerprint density at radius 2 is 1.86 bits per heavy atom. The summed E-state index contributed by atoms with van der Waals surface area (Å²) in [5, 5.41) is 2.96. The number of ether oxygens (including phenoxy) is 1. The number of halogens is 3. The summed E-state index contributed by atoms with van der Waals surface area (Å²) in [6.07, 6.45) is -4.61. The first-order valence-corrected chi connectivity index (χ1v) is 8.35. The van der Waals surface area contributed by atoms with Gasteiger partial charge in [0.1, 0.15) is 12.3 Å². The largest absolute Gasteiger partial charge is 0.495 e. The topological polar surface area (TPSA) is 60.3 Å². The SMILES string of the molecule is COc1cccc2c(C)cc(=O)n(CC(=O)Nc3ccccc3C(F)(F)F)c12. The van der Waals surface area contributed by atoms with Gasteiger partial charge in [0.15, 0.2) is 0 Å². The number of rotatable bonds is 4. The summed E-state index contributed by atoms with van der Waals surface area (Å²) in [6.45, 7) is 1.30. The van der Waals surface area contributed by atoms with E-state index in [9.17, 15) is 22.8 Å². The molecule has 0 fully saturated rings. The average Bonchev–Trinajstić information content (AvgIpc) is 2.64. The van der Waals surface area contributed by atoms with E-state index in [2.05, 4.69) is 5.32 Å². The zero-order chi connectivity index (χ0) is 20.5. The molecule has 5 nitrogen and oxygen atoms in total. The lowest BCUT2D eigenvalue weighted by molar-refractivity contribution is -0.137. The van der Waals surface area contributed by atoms with Crippen molar-refractivity contribution in [3.8, 4) is 5.75 Å². The third kappa shape index (κ3) is 3.71. The number of carbonyl (C=O) groups is 1. The minimum atomic E-state index is -4.61. The van der Waals surface area contributed by atoms with E-state index >= 15 is 0 Å². The molecule has 0 spiro atoms. The molecule has 0 aliphatic rings. The Morgan fingerprint density at radius 1 is 1.14 bits per heavy atom. The van der Waals surface area contributed by atoms with E-state index in [1.165, 1.54) is 29.9 Å². The van der Waals surface area contributed by atoms with Gasteiger partial charge in [-0.25, -0.2) is 0 Å². The summed E-state index contributed by atoms with van der Waals surface area (Å²) in [5.41, 5.74) is -0.653. The molecule has 8 heteroatoms. The minimum absolute atomic E-state index is 0.364. The highest BCUT2D eigenvalue weighted by Gasteiger charge is 2.33. The fourth-order valence-corrected chi connectivity index (χ4v) is 3.06. The number of aromatic nitrogens is 1. The molecule has 1 heterocycles. The van der Waals surface area contributed by atoms with E-state index in [1.807, 2.05) is 0 Å². The van der Waals surface area contributed by atoms with Gasteiger partial charge < -0.3 is 10.1 Å². The maximum absolute atomic E-state index is 13.1. The Hall–Kier alpha value is -3.29. The molecule has 0 aliphatic carbocycles. The number of amides is 1. The fraction of sp³-hybridized carbons (Fsp3) is 0.200. The van der Waals surface area contributed by atoms with Crippen molar-refractivity contribution >= 4 is 22.5 Å². The van der Waals surface area contributed by atoms with Crippen LogP contribution in [-0.4, -0.2) is 17.6 Å². The molecule has 1 aromatic heterocycles. The van der Waals surface area contributed by atoms with Gasteiger partial charge in [-0.1, -0.05) is 24.3 Å². The lowest BCUT2D eigenvalue weighted by atomic mass is 10.1. The molecule has 2 aromatic carbocycles. The van der Waals surface area contributed by atoms with E-state index in [0.29, 0.717) is 22.2 Å². The summed E-state index contributed by atoms with van der Waals surface area (Å²) in [7, 11) is 1.44. The van der Waals surface area contributed by atoms with Crippen LogP contribution in [0.3, 0.4) is 0 Å². The molecule has 0 unspecified atom stereocenters. The lowest BCUT2D eigenvalue weighted by Gasteiger charge is -2.16. The number of alkyl halides is 3. The number of aryl methyl sites for hydroxylation is 1. The second kappa shape index (κ2) is 7.38. The van der Waals surface area contributed by atoms with E-state index in [-0.39, 0.29) is 5.69 Å². The molecule has 0 radical (unpaired) electrons. The van der Waals surface area contributed by atoms with E-state index < -0.39 is 29.8 Å². The number of nitrogens with zero attached hydrogens (tertiary/aromatic N) is 1. The van der Waals surface area contributed by atoms with Crippen molar-refractivity contribution in [3.05, 3.63) is 70.0 Å². The number of carbonyl (C=O) groups excluding carboxylic acids is 1. The molecule has 1 N–H and O–H groups in total. The van der Waals surface area contributed by atoms with E-state index in [0.717, 1.165) is 12.1 Å². The minimum Gasteiger partial charge on any atom is -0.495 e. The zero-order valence-electron chi connectivity index (χ0n) is 15.1. The molecular formula is C20H17F3N2O3. The van der Waals surface area contributed by atoms with Gasteiger partial charge in [0.05, 0.1) is 23.9 Å². The first-order valence-electron chi connectivity index (χ1n) is 8.35. The number of para-hydroxylation sites is 2. The monoisotopic (exact) mass is 390 g/mol. The molecule has 3 aromatic rings. The second-order valence-corrected chi connectivity index (χ2v) is 6.20. The predicted octanol–water partition coefficient (Wildman–Crippen LogP) is 3.98. The number of hydrogen-bond donors (Lipinski definition) is 1. The number of anilines is 1. The van der Waals surface area contributed by atoms with Crippen LogP contribution in [0.5, 0.6) is 5.75 Å². The molecule has 0 saturated carbocycles. The molecule has 3 rings (SSSR count). The highest BCUT2D eigenvalue weighted by atomic mass is 19.4. The lowest BCUT2D eigenvalue weighted by Crippen LogP contribution is -2.28. The summed E-state index contributed by atoms with van der Waals surface area (Å²) in [5.74, 6) is -0.364. The fourth-order valence-electron chi connectivity index (χ4n) is 3.06. The van der Waals surface area contributed by atoms with Crippen molar-refractivity contribution in [1.82, 2.24) is 4.57 Å². The van der Waals surface area contributed by atoms with Crippen LogP contribution < -0.4 is 15.6 Å². The normalized spacial score (nSPS) is 11.5. The average molecular weight is 390 g/mol. The Bertz CT molecular complexity index is 1100. The van der Waals surface area contributed by atoms with Crippen LogP contribution in [0.4, 0.5) is 18.9 Å². The van der Waals surface area contributed by atoms with Crippen molar-refractivity contribution < 1.29 is 22.7 Å². The maximum atomic E-state index is 13.1. The third-order valence-electron chi connectivity index (χ3n) is 4.33. The molecule has 0 aliphatic heterocycles. The zero-order valence-corrected chi connectivity index (χ0v) is 15.1. The van der Waals surface area contributed by atoms with Crippen LogP contribution in [0, 0.1) is 6.92 Å². The molecule has 0 bridgehead atoms. The van der Waals surface area contributed by atoms with Gasteiger partial charge in [0.2, 0.25) is 5.91 Å². The van der Waals surface area contributed by atoms with Crippen LogP contribution in [-0.2, 0) is 17.5 Å². The van der Waals surface area contributed by atoms with Gasteiger partial charge in [-0.2, -0.15) is 13.2 Å². The van der Waals surface area contributed by atoms with Crippen LogP contribution >= 0.6 is 0 Å². The van der Waals surface area contributed by atoms with Crippen LogP contribution in [0.1, 0.15) is 11.1 Å².